The van der Waals surface area contributed by atoms with Gasteiger partial charge in [0.15, 0.2) is 6.10 Å². The van der Waals surface area contributed by atoms with Gasteiger partial charge in [0.1, 0.15) is 0 Å². The number of ether oxygens (including phenoxy) is 1. The summed E-state index contributed by atoms with van der Waals surface area (Å²) >= 11 is 6.18. The van der Waals surface area contributed by atoms with Gasteiger partial charge in [-0.25, -0.2) is 4.79 Å². The molecule has 0 aliphatic carbocycles. The zero-order chi connectivity index (χ0) is 20.4. The molecule has 1 saturated heterocycles. The van der Waals surface area contributed by atoms with Crippen LogP contribution in [0.4, 0.5) is 5.69 Å². The van der Waals surface area contributed by atoms with Crippen LogP contribution in [-0.2, 0) is 9.53 Å². The number of halogens is 1. The molecule has 6 nitrogen and oxygen atoms in total. The molecule has 0 spiro atoms. The van der Waals surface area contributed by atoms with E-state index >= 15 is 0 Å². The number of anilines is 1. The van der Waals surface area contributed by atoms with Crippen LogP contribution in [0.15, 0.2) is 54.7 Å². The van der Waals surface area contributed by atoms with Gasteiger partial charge < -0.3 is 9.64 Å². The minimum atomic E-state index is -0.874. The Hall–Kier alpha value is -3.43. The lowest BCUT2D eigenvalue weighted by atomic mass is 10.1. The summed E-state index contributed by atoms with van der Waals surface area (Å²) in [6.45, 7) is 0.532. The molecule has 29 heavy (non-hydrogen) atoms. The number of esters is 1. The molecule has 1 aromatic heterocycles. The number of piperidine rings is 1. The van der Waals surface area contributed by atoms with Crippen molar-refractivity contribution in [3.63, 3.8) is 0 Å². The molecule has 2 heterocycles. The van der Waals surface area contributed by atoms with E-state index in [1.165, 1.54) is 0 Å². The molecule has 1 aliphatic rings. The minimum Gasteiger partial charge on any atom is -0.449 e. The maximum Gasteiger partial charge on any atom is 0.341 e. The number of hydrogen-bond acceptors (Lipinski definition) is 5. The van der Waals surface area contributed by atoms with Gasteiger partial charge >= 0.3 is 5.97 Å². The molecule has 0 radical (unpaired) electrons. The first-order valence-electron chi connectivity index (χ1n) is 9.14. The molecule has 144 valence electrons. The third-order valence-electron chi connectivity index (χ3n) is 4.88. The van der Waals surface area contributed by atoms with E-state index < -0.39 is 12.1 Å². The molecule has 0 N–H and O–H groups in total. The molecule has 4 rings (SSSR count). The van der Waals surface area contributed by atoms with Crippen molar-refractivity contribution in [3.8, 4) is 6.07 Å². The Balaban J connectivity index is 1.56. The largest absolute Gasteiger partial charge is 0.449 e. The number of fused-ring (bicyclic) bond motifs is 1. The molecule has 1 unspecified atom stereocenters. The van der Waals surface area contributed by atoms with Crippen LogP contribution in [0, 0.1) is 11.3 Å². The van der Waals surface area contributed by atoms with Crippen LogP contribution in [0.2, 0.25) is 5.02 Å². The number of rotatable bonds is 3. The topological polar surface area (TPSA) is 83.3 Å². The number of carbonyl (C=O) groups excluding carboxylic acids is 2. The van der Waals surface area contributed by atoms with Crippen molar-refractivity contribution in [2.75, 3.05) is 11.4 Å². The summed E-state index contributed by atoms with van der Waals surface area (Å²) in [5, 5.41) is 10.1. The molecular weight excluding hydrogens is 390 g/mol. The Kier molecular flexibility index (Phi) is 5.15. The highest BCUT2D eigenvalue weighted by atomic mass is 35.5. The van der Waals surface area contributed by atoms with Gasteiger partial charge in [0.2, 0.25) is 0 Å². The van der Waals surface area contributed by atoms with Crippen molar-refractivity contribution in [2.24, 2.45) is 0 Å². The van der Waals surface area contributed by atoms with Crippen molar-refractivity contribution in [1.29, 1.82) is 5.26 Å². The fraction of sp³-hybridized carbons (Fsp3) is 0.182. The average Bonchev–Trinajstić information content (AvgIpc) is 2.76. The predicted octanol–water partition coefficient (Wildman–Crippen LogP) is 4.11. The number of nitrogens with zero attached hydrogens (tertiary/aromatic N) is 3. The molecule has 1 amide bonds. The summed E-state index contributed by atoms with van der Waals surface area (Å²) in [7, 11) is 0. The van der Waals surface area contributed by atoms with E-state index in [9.17, 15) is 9.59 Å². The third kappa shape index (κ3) is 3.65. The highest BCUT2D eigenvalue weighted by Gasteiger charge is 2.33. The van der Waals surface area contributed by atoms with E-state index in [2.05, 4.69) is 11.1 Å². The summed E-state index contributed by atoms with van der Waals surface area (Å²) in [4.78, 5) is 31.5. The van der Waals surface area contributed by atoms with E-state index in [1.807, 2.05) is 0 Å². The summed E-state index contributed by atoms with van der Waals surface area (Å²) in [6.07, 6.45) is 1.86. The summed E-state index contributed by atoms with van der Waals surface area (Å²) in [6, 6.07) is 15.5. The average molecular weight is 406 g/mol. The maximum atomic E-state index is 12.9. The number of nitriles is 1. The van der Waals surface area contributed by atoms with Crippen molar-refractivity contribution in [1.82, 2.24) is 4.98 Å². The third-order valence-corrected chi connectivity index (χ3v) is 5.21. The summed E-state index contributed by atoms with van der Waals surface area (Å²) in [5.41, 5.74) is 1.90. The van der Waals surface area contributed by atoms with Gasteiger partial charge in [0.05, 0.1) is 27.7 Å². The SMILES string of the molecule is N#Cc1ccc(N2CCCC(OC(=O)c3ccc(Cl)c4cccnc34)C2=O)cc1. The van der Waals surface area contributed by atoms with E-state index in [0.29, 0.717) is 46.6 Å². The fourth-order valence-electron chi connectivity index (χ4n) is 3.42. The zero-order valence-electron chi connectivity index (χ0n) is 15.3. The number of amides is 1. The smallest absolute Gasteiger partial charge is 0.341 e. The molecule has 2 aromatic carbocycles. The Morgan fingerprint density at radius 3 is 2.76 bits per heavy atom. The first-order chi connectivity index (χ1) is 14.1. The van der Waals surface area contributed by atoms with Gasteiger partial charge in [-0.1, -0.05) is 11.6 Å². The molecule has 1 fully saturated rings. The molecule has 0 saturated carbocycles. The second-order valence-corrected chi connectivity index (χ2v) is 7.09. The molecule has 7 heteroatoms. The Morgan fingerprint density at radius 1 is 1.21 bits per heavy atom. The quantitative estimate of drug-likeness (QED) is 0.612. The normalized spacial score (nSPS) is 16.5. The highest BCUT2D eigenvalue weighted by molar-refractivity contribution is 6.35. The van der Waals surface area contributed by atoms with Gasteiger partial charge in [0, 0.05) is 23.8 Å². The van der Waals surface area contributed by atoms with Crippen molar-refractivity contribution in [3.05, 3.63) is 70.9 Å². The van der Waals surface area contributed by atoms with E-state index in [4.69, 9.17) is 21.6 Å². The number of carbonyl (C=O) groups is 2. The molecule has 1 aliphatic heterocycles. The summed E-state index contributed by atoms with van der Waals surface area (Å²) < 4.78 is 5.57. The lowest BCUT2D eigenvalue weighted by molar-refractivity contribution is -0.129. The molecular formula is C22H16ClN3O3. The number of benzene rings is 2. The monoisotopic (exact) mass is 405 g/mol. The second kappa shape index (κ2) is 7.90. The molecule has 0 bridgehead atoms. The first-order valence-corrected chi connectivity index (χ1v) is 9.52. The zero-order valence-corrected chi connectivity index (χ0v) is 16.1. The van der Waals surface area contributed by atoms with E-state index in [0.717, 1.165) is 0 Å². The van der Waals surface area contributed by atoms with Crippen LogP contribution >= 0.6 is 11.6 Å². The molecule has 3 aromatic rings. The van der Waals surface area contributed by atoms with Crippen molar-refractivity contribution >= 4 is 40.1 Å². The Morgan fingerprint density at radius 2 is 2.00 bits per heavy atom. The van der Waals surface area contributed by atoms with Gasteiger partial charge in [-0.2, -0.15) is 5.26 Å². The number of aromatic nitrogens is 1. The van der Waals surface area contributed by atoms with E-state index in [-0.39, 0.29) is 11.5 Å². The molecule has 1 atom stereocenters. The van der Waals surface area contributed by atoms with Gasteiger partial charge in [-0.3, -0.25) is 9.78 Å². The van der Waals surface area contributed by atoms with Gasteiger partial charge in [-0.15, -0.1) is 0 Å². The summed E-state index contributed by atoms with van der Waals surface area (Å²) in [5.74, 6) is -0.883. The van der Waals surface area contributed by atoms with Crippen LogP contribution in [0.3, 0.4) is 0 Å². The van der Waals surface area contributed by atoms with Crippen LogP contribution in [0.1, 0.15) is 28.8 Å². The van der Waals surface area contributed by atoms with Crippen LogP contribution in [-0.4, -0.2) is 29.5 Å². The standard InChI is InChI=1S/C22H16ClN3O3/c23-18-10-9-17(20-16(18)3-1-11-25-20)22(28)29-19-4-2-12-26(21(19)27)15-7-5-14(13-24)6-8-15/h1,3,5-11,19H,2,4,12H2. The maximum absolute atomic E-state index is 12.9. The van der Waals surface area contributed by atoms with Crippen molar-refractivity contribution in [2.45, 2.75) is 18.9 Å². The Labute approximate surface area is 172 Å². The van der Waals surface area contributed by atoms with Crippen molar-refractivity contribution < 1.29 is 14.3 Å². The van der Waals surface area contributed by atoms with Crippen LogP contribution in [0.5, 0.6) is 0 Å². The number of hydrogen-bond donors (Lipinski definition) is 0. The van der Waals surface area contributed by atoms with Crippen LogP contribution in [0.25, 0.3) is 10.9 Å². The lowest BCUT2D eigenvalue weighted by Gasteiger charge is -2.32. The van der Waals surface area contributed by atoms with Gasteiger partial charge in [0.25, 0.3) is 5.91 Å². The first kappa shape index (κ1) is 18.9. The highest BCUT2D eigenvalue weighted by Crippen LogP contribution is 2.27. The van der Waals surface area contributed by atoms with Gasteiger partial charge in [-0.05, 0) is 61.4 Å². The Bertz CT molecular complexity index is 1140. The lowest BCUT2D eigenvalue weighted by Crippen LogP contribution is -2.46. The second-order valence-electron chi connectivity index (χ2n) is 6.68. The minimum absolute atomic E-state index is 0.272. The number of pyridine rings is 1. The van der Waals surface area contributed by atoms with E-state index in [1.54, 1.807) is 59.6 Å². The van der Waals surface area contributed by atoms with Crippen LogP contribution < -0.4 is 4.90 Å². The fourth-order valence-corrected chi connectivity index (χ4v) is 3.63. The predicted molar refractivity (Wildman–Crippen MR) is 109 cm³/mol.